The lowest BCUT2D eigenvalue weighted by Crippen LogP contribution is -2.18. The zero-order valence-electron chi connectivity index (χ0n) is 18.9. The maximum Gasteiger partial charge on any atom is 0.289 e. The van der Waals surface area contributed by atoms with E-state index in [1.54, 1.807) is 18.2 Å². The van der Waals surface area contributed by atoms with Crippen molar-refractivity contribution in [1.29, 1.82) is 0 Å². The van der Waals surface area contributed by atoms with Crippen molar-refractivity contribution in [1.82, 2.24) is 15.6 Å². The third-order valence-corrected chi connectivity index (χ3v) is 4.78. The minimum atomic E-state index is -0.399. The quantitative estimate of drug-likeness (QED) is 0.389. The number of aromatic nitrogens is 2. The summed E-state index contributed by atoms with van der Waals surface area (Å²) in [5.74, 6) is 1.68. The Morgan fingerprint density at radius 3 is 2.28 bits per heavy atom. The van der Waals surface area contributed by atoms with Gasteiger partial charge >= 0.3 is 0 Å². The molecular formula is C24H28N4O4. The van der Waals surface area contributed by atoms with Crippen molar-refractivity contribution in [3.05, 3.63) is 59.3 Å². The summed E-state index contributed by atoms with van der Waals surface area (Å²) in [6.45, 7) is 4.38. The van der Waals surface area contributed by atoms with Crippen molar-refractivity contribution in [2.75, 3.05) is 21.3 Å². The van der Waals surface area contributed by atoms with Gasteiger partial charge in [-0.2, -0.15) is 10.2 Å². The van der Waals surface area contributed by atoms with E-state index >= 15 is 0 Å². The molecule has 0 unspecified atom stereocenters. The predicted octanol–water partition coefficient (Wildman–Crippen LogP) is 4.06. The number of nitrogens with one attached hydrogen (secondary N) is 2. The van der Waals surface area contributed by atoms with Crippen LogP contribution in [-0.2, 0) is 6.42 Å². The van der Waals surface area contributed by atoms with Crippen LogP contribution in [0.2, 0.25) is 0 Å². The van der Waals surface area contributed by atoms with E-state index in [1.165, 1.54) is 33.1 Å². The molecule has 1 heterocycles. The zero-order valence-corrected chi connectivity index (χ0v) is 18.9. The first-order valence-electron chi connectivity index (χ1n) is 10.2. The molecule has 0 radical (unpaired) electrons. The third-order valence-electron chi connectivity index (χ3n) is 4.78. The number of rotatable bonds is 9. The molecular weight excluding hydrogens is 408 g/mol. The molecule has 168 valence electrons. The number of hydrogen-bond donors (Lipinski definition) is 2. The van der Waals surface area contributed by atoms with Crippen molar-refractivity contribution >= 4 is 12.1 Å². The summed E-state index contributed by atoms with van der Waals surface area (Å²) >= 11 is 0. The van der Waals surface area contributed by atoms with Crippen LogP contribution < -0.4 is 19.6 Å². The topological polar surface area (TPSA) is 97.8 Å². The highest BCUT2D eigenvalue weighted by molar-refractivity contribution is 5.94. The maximum atomic E-state index is 12.4. The van der Waals surface area contributed by atoms with Crippen LogP contribution in [0.5, 0.6) is 17.2 Å². The van der Waals surface area contributed by atoms with Crippen LogP contribution in [-0.4, -0.2) is 43.6 Å². The number of carbonyl (C=O) groups excluding carboxylic acids is 1. The van der Waals surface area contributed by atoms with Crippen LogP contribution in [0.3, 0.4) is 0 Å². The lowest BCUT2D eigenvalue weighted by Gasteiger charge is -2.12. The molecule has 0 aliphatic carbocycles. The standard InChI is InChI=1S/C24H28N4O4/c1-15(2)10-16-6-8-18(9-7-16)19-13-20(27-26-19)24(29)28-25-14-17-11-21(30-3)23(32-5)22(12-17)31-4/h6-9,11-15H,10H2,1-5H3,(H,26,27)(H,28,29)/b25-14+. The van der Waals surface area contributed by atoms with E-state index in [9.17, 15) is 4.79 Å². The van der Waals surface area contributed by atoms with Gasteiger partial charge in [0.2, 0.25) is 5.75 Å². The predicted molar refractivity (Wildman–Crippen MR) is 124 cm³/mol. The smallest absolute Gasteiger partial charge is 0.289 e. The van der Waals surface area contributed by atoms with Crippen molar-refractivity contribution in [2.24, 2.45) is 11.0 Å². The molecule has 0 saturated heterocycles. The van der Waals surface area contributed by atoms with Gasteiger partial charge in [-0.1, -0.05) is 38.1 Å². The number of carbonyl (C=O) groups is 1. The Balaban J connectivity index is 1.67. The summed E-state index contributed by atoms with van der Waals surface area (Å²) in [4.78, 5) is 12.4. The molecule has 0 bridgehead atoms. The van der Waals surface area contributed by atoms with Gasteiger partial charge in [0.15, 0.2) is 11.5 Å². The second-order valence-electron chi connectivity index (χ2n) is 7.62. The Hall–Kier alpha value is -3.81. The lowest BCUT2D eigenvalue weighted by atomic mass is 10.0. The van der Waals surface area contributed by atoms with Crippen molar-refractivity contribution in [2.45, 2.75) is 20.3 Å². The third kappa shape index (κ3) is 5.46. The molecule has 8 nitrogen and oxygen atoms in total. The van der Waals surface area contributed by atoms with Gasteiger partial charge in [0.25, 0.3) is 5.91 Å². The average Bonchev–Trinajstić information content (AvgIpc) is 3.28. The van der Waals surface area contributed by atoms with Gasteiger partial charge in [-0.3, -0.25) is 9.89 Å². The van der Waals surface area contributed by atoms with Crippen molar-refractivity contribution in [3.63, 3.8) is 0 Å². The number of benzene rings is 2. The first-order chi connectivity index (χ1) is 15.4. The van der Waals surface area contributed by atoms with E-state index in [1.807, 2.05) is 12.1 Å². The van der Waals surface area contributed by atoms with Crippen LogP contribution >= 0.6 is 0 Å². The highest BCUT2D eigenvalue weighted by atomic mass is 16.5. The Morgan fingerprint density at radius 1 is 1.06 bits per heavy atom. The summed E-state index contributed by atoms with van der Waals surface area (Å²) in [5.41, 5.74) is 6.39. The van der Waals surface area contributed by atoms with Gasteiger partial charge in [-0.15, -0.1) is 0 Å². The van der Waals surface area contributed by atoms with E-state index in [2.05, 4.69) is 46.7 Å². The second-order valence-corrected chi connectivity index (χ2v) is 7.62. The molecule has 0 spiro atoms. The molecule has 3 rings (SSSR count). The number of ether oxygens (including phenoxy) is 3. The number of nitrogens with zero attached hydrogens (tertiary/aromatic N) is 2. The molecule has 2 N–H and O–H groups in total. The summed E-state index contributed by atoms with van der Waals surface area (Å²) in [7, 11) is 4.61. The molecule has 0 fully saturated rings. The Kier molecular flexibility index (Phi) is 7.49. The highest BCUT2D eigenvalue weighted by Crippen LogP contribution is 2.37. The van der Waals surface area contributed by atoms with Crippen LogP contribution in [0.25, 0.3) is 11.3 Å². The zero-order chi connectivity index (χ0) is 23.1. The molecule has 2 aromatic carbocycles. The fourth-order valence-electron chi connectivity index (χ4n) is 3.27. The highest BCUT2D eigenvalue weighted by Gasteiger charge is 2.13. The van der Waals surface area contributed by atoms with E-state index in [0.29, 0.717) is 40.1 Å². The van der Waals surface area contributed by atoms with Gasteiger partial charge in [0.1, 0.15) is 5.69 Å². The molecule has 8 heteroatoms. The number of methoxy groups -OCH3 is 3. The minimum Gasteiger partial charge on any atom is -0.493 e. The van der Waals surface area contributed by atoms with Gasteiger partial charge < -0.3 is 14.2 Å². The second kappa shape index (κ2) is 10.5. The summed E-state index contributed by atoms with van der Waals surface area (Å²) in [6.07, 6.45) is 2.52. The van der Waals surface area contributed by atoms with Crippen LogP contribution in [0, 0.1) is 5.92 Å². The largest absolute Gasteiger partial charge is 0.493 e. The Morgan fingerprint density at radius 2 is 1.72 bits per heavy atom. The average molecular weight is 437 g/mol. The first kappa shape index (κ1) is 22.9. The molecule has 0 aliphatic rings. The maximum absolute atomic E-state index is 12.4. The Labute approximate surface area is 187 Å². The normalized spacial score (nSPS) is 11.1. The van der Waals surface area contributed by atoms with Gasteiger partial charge in [-0.05, 0) is 36.1 Å². The molecule has 32 heavy (non-hydrogen) atoms. The van der Waals surface area contributed by atoms with Gasteiger partial charge in [0, 0.05) is 11.1 Å². The summed E-state index contributed by atoms with van der Waals surface area (Å²) in [6, 6.07) is 13.4. The fraction of sp³-hybridized carbons (Fsp3) is 0.292. The van der Waals surface area contributed by atoms with Crippen molar-refractivity contribution < 1.29 is 19.0 Å². The molecule has 1 amide bonds. The monoisotopic (exact) mass is 436 g/mol. The van der Waals surface area contributed by atoms with E-state index in [0.717, 1.165) is 12.0 Å². The molecule has 0 atom stereocenters. The van der Waals surface area contributed by atoms with Gasteiger partial charge in [0.05, 0.1) is 33.2 Å². The van der Waals surface area contributed by atoms with Gasteiger partial charge in [-0.25, -0.2) is 5.43 Å². The fourth-order valence-corrected chi connectivity index (χ4v) is 3.27. The number of aromatic amines is 1. The minimum absolute atomic E-state index is 0.313. The lowest BCUT2D eigenvalue weighted by molar-refractivity contribution is 0.0950. The van der Waals surface area contributed by atoms with E-state index in [-0.39, 0.29) is 0 Å². The van der Waals surface area contributed by atoms with E-state index < -0.39 is 5.91 Å². The SMILES string of the molecule is COc1cc(/C=N/NC(=O)c2cc(-c3ccc(CC(C)C)cc3)n[nH]2)cc(OC)c1OC. The molecule has 0 aliphatic heterocycles. The molecule has 3 aromatic rings. The summed E-state index contributed by atoms with van der Waals surface area (Å²) < 4.78 is 15.9. The van der Waals surface area contributed by atoms with Crippen molar-refractivity contribution in [3.8, 4) is 28.5 Å². The summed E-state index contributed by atoms with van der Waals surface area (Å²) in [5, 5.41) is 11.0. The van der Waals surface area contributed by atoms with Crippen LogP contribution in [0.15, 0.2) is 47.6 Å². The number of H-pyrrole nitrogens is 1. The Bertz CT molecular complexity index is 1060. The molecule has 1 aromatic heterocycles. The number of hydrazone groups is 1. The first-order valence-corrected chi connectivity index (χ1v) is 10.2. The number of hydrogen-bond acceptors (Lipinski definition) is 6. The molecule has 0 saturated carbocycles. The van der Waals surface area contributed by atoms with Crippen LogP contribution in [0.4, 0.5) is 0 Å². The van der Waals surface area contributed by atoms with E-state index in [4.69, 9.17) is 14.2 Å². The van der Waals surface area contributed by atoms with Crippen LogP contribution in [0.1, 0.15) is 35.5 Å². The number of amides is 1.